The van der Waals surface area contributed by atoms with Crippen LogP contribution in [0.25, 0.3) is 0 Å². The highest BCUT2D eigenvalue weighted by Crippen LogP contribution is 2.30. The Morgan fingerprint density at radius 3 is 1.72 bits per heavy atom. The molecule has 0 bridgehead atoms. The summed E-state index contributed by atoms with van der Waals surface area (Å²) in [6, 6.07) is 0. The molecule has 29 heavy (non-hydrogen) atoms. The first-order chi connectivity index (χ1) is 12.9. The molecule has 0 aliphatic carbocycles. The van der Waals surface area contributed by atoms with Crippen molar-refractivity contribution in [3.8, 4) is 0 Å². The van der Waals surface area contributed by atoms with E-state index in [-0.39, 0.29) is 13.0 Å². The minimum Gasteiger partial charge on any atom is -0.462 e. The molecule has 1 aliphatic rings. The van der Waals surface area contributed by atoms with Crippen molar-refractivity contribution in [3.63, 3.8) is 0 Å². The molecule has 1 fully saturated rings. The van der Waals surface area contributed by atoms with Gasteiger partial charge < -0.3 is 24.1 Å². The van der Waals surface area contributed by atoms with Gasteiger partial charge in [-0.2, -0.15) is 0 Å². The van der Waals surface area contributed by atoms with Gasteiger partial charge in [0.1, 0.15) is 18.8 Å². The van der Waals surface area contributed by atoms with Crippen LogP contribution in [0.5, 0.6) is 0 Å². The number of ether oxygens (including phenoxy) is 4. The standard InChI is InChI=1S/C21H36O8/c1-19(2,3)16(23)26-11-13-15(29-18(25)21(7,8)9)12(10-14(22)27-13)28-17(24)20(4,5)6/h12-15,22H,10-11H2,1-9H3/t12-,13-,14?,15-/m1/s1. The van der Waals surface area contributed by atoms with Crippen molar-refractivity contribution >= 4 is 17.9 Å². The quantitative estimate of drug-likeness (QED) is 0.550. The Morgan fingerprint density at radius 2 is 1.28 bits per heavy atom. The van der Waals surface area contributed by atoms with E-state index in [0.717, 1.165) is 0 Å². The Bertz CT molecular complexity index is 606. The second kappa shape index (κ2) is 9.00. The highest BCUT2D eigenvalue weighted by atomic mass is 16.7. The summed E-state index contributed by atoms with van der Waals surface area (Å²) in [4.78, 5) is 37.0. The smallest absolute Gasteiger partial charge is 0.311 e. The first-order valence-electron chi connectivity index (χ1n) is 9.86. The van der Waals surface area contributed by atoms with Gasteiger partial charge in [0.2, 0.25) is 0 Å². The summed E-state index contributed by atoms with van der Waals surface area (Å²) in [6.07, 6.45) is -4.25. The lowest BCUT2D eigenvalue weighted by Crippen LogP contribution is -2.55. The number of aliphatic hydroxyl groups is 1. The SMILES string of the molecule is CC(C)(C)C(=O)OC[C@H]1OC(O)C[C@@H](OC(=O)C(C)(C)C)[C@H]1OC(=O)C(C)(C)C. The Morgan fingerprint density at radius 1 is 0.828 bits per heavy atom. The maximum absolute atomic E-state index is 12.5. The average Bonchev–Trinajstić information content (AvgIpc) is 2.52. The van der Waals surface area contributed by atoms with E-state index in [1.165, 1.54) is 0 Å². The van der Waals surface area contributed by atoms with Gasteiger partial charge in [-0.15, -0.1) is 0 Å². The molecule has 1 heterocycles. The third-order valence-electron chi connectivity index (χ3n) is 4.22. The van der Waals surface area contributed by atoms with Crippen LogP contribution in [0.15, 0.2) is 0 Å². The zero-order valence-electron chi connectivity index (χ0n) is 19.0. The molecule has 4 atom stereocenters. The Balaban J connectivity index is 3.09. The summed E-state index contributed by atoms with van der Waals surface area (Å²) >= 11 is 0. The third kappa shape index (κ3) is 7.59. The van der Waals surface area contributed by atoms with Gasteiger partial charge >= 0.3 is 17.9 Å². The molecule has 168 valence electrons. The molecule has 0 spiro atoms. The number of aliphatic hydroxyl groups excluding tert-OH is 1. The third-order valence-corrected chi connectivity index (χ3v) is 4.22. The number of esters is 3. The molecular formula is C21H36O8. The van der Waals surface area contributed by atoms with Gasteiger partial charge in [-0.25, -0.2) is 0 Å². The normalized spacial score (nSPS) is 25.9. The van der Waals surface area contributed by atoms with Gasteiger partial charge in [0.05, 0.1) is 16.2 Å². The molecule has 0 aromatic carbocycles. The summed E-state index contributed by atoms with van der Waals surface area (Å²) in [5, 5.41) is 10.1. The molecule has 1 aliphatic heterocycles. The van der Waals surface area contributed by atoms with E-state index in [0.29, 0.717) is 0 Å². The van der Waals surface area contributed by atoms with Crippen LogP contribution in [0.4, 0.5) is 0 Å². The molecular weight excluding hydrogens is 380 g/mol. The van der Waals surface area contributed by atoms with Gasteiger partial charge in [0, 0.05) is 6.42 Å². The van der Waals surface area contributed by atoms with Crippen LogP contribution in [-0.2, 0) is 33.3 Å². The van der Waals surface area contributed by atoms with Crippen LogP contribution < -0.4 is 0 Å². The van der Waals surface area contributed by atoms with E-state index in [1.54, 1.807) is 62.3 Å². The molecule has 0 saturated carbocycles. The highest BCUT2D eigenvalue weighted by molar-refractivity contribution is 5.77. The van der Waals surface area contributed by atoms with Crippen molar-refractivity contribution in [2.75, 3.05) is 6.61 Å². The van der Waals surface area contributed by atoms with E-state index >= 15 is 0 Å². The Labute approximate surface area is 173 Å². The van der Waals surface area contributed by atoms with Crippen LogP contribution >= 0.6 is 0 Å². The average molecular weight is 417 g/mol. The van der Waals surface area contributed by atoms with Crippen molar-refractivity contribution < 1.29 is 38.4 Å². The Kier molecular flexibility index (Phi) is 7.87. The highest BCUT2D eigenvalue weighted by Gasteiger charge is 2.46. The fourth-order valence-corrected chi connectivity index (χ4v) is 2.30. The van der Waals surface area contributed by atoms with Gasteiger partial charge in [0.25, 0.3) is 0 Å². The molecule has 1 rings (SSSR count). The molecule has 0 amide bonds. The van der Waals surface area contributed by atoms with E-state index in [1.807, 2.05) is 0 Å². The lowest BCUT2D eigenvalue weighted by Gasteiger charge is -2.40. The number of hydrogen-bond donors (Lipinski definition) is 1. The summed E-state index contributed by atoms with van der Waals surface area (Å²) < 4.78 is 22.0. The molecule has 1 unspecified atom stereocenters. The topological polar surface area (TPSA) is 108 Å². The van der Waals surface area contributed by atoms with Crippen LogP contribution in [-0.4, -0.2) is 54.2 Å². The van der Waals surface area contributed by atoms with Crippen molar-refractivity contribution in [1.29, 1.82) is 0 Å². The maximum atomic E-state index is 12.5. The predicted molar refractivity (Wildman–Crippen MR) is 105 cm³/mol. The molecule has 0 radical (unpaired) electrons. The van der Waals surface area contributed by atoms with Crippen molar-refractivity contribution in [3.05, 3.63) is 0 Å². The van der Waals surface area contributed by atoms with Gasteiger partial charge in [-0.05, 0) is 62.3 Å². The lowest BCUT2D eigenvalue weighted by atomic mass is 9.94. The molecule has 1 saturated heterocycles. The molecule has 1 N–H and O–H groups in total. The largest absolute Gasteiger partial charge is 0.462 e. The zero-order valence-corrected chi connectivity index (χ0v) is 19.0. The molecule has 8 heteroatoms. The second-order valence-corrected chi connectivity index (χ2v) is 10.5. The van der Waals surface area contributed by atoms with Gasteiger partial charge in [-0.3, -0.25) is 14.4 Å². The monoisotopic (exact) mass is 416 g/mol. The first-order valence-corrected chi connectivity index (χ1v) is 9.86. The van der Waals surface area contributed by atoms with Crippen molar-refractivity contribution in [2.45, 2.75) is 93.3 Å². The zero-order chi connectivity index (χ0) is 22.8. The summed E-state index contributed by atoms with van der Waals surface area (Å²) in [6.45, 7) is 15.0. The second-order valence-electron chi connectivity index (χ2n) is 10.5. The Hall–Kier alpha value is -1.67. The van der Waals surface area contributed by atoms with Crippen LogP contribution in [0.2, 0.25) is 0 Å². The van der Waals surface area contributed by atoms with Crippen molar-refractivity contribution in [2.24, 2.45) is 16.2 Å². The van der Waals surface area contributed by atoms with Gasteiger partial charge in [0.15, 0.2) is 12.4 Å². The number of carbonyl (C=O) groups is 3. The lowest BCUT2D eigenvalue weighted by molar-refractivity contribution is -0.258. The maximum Gasteiger partial charge on any atom is 0.311 e. The van der Waals surface area contributed by atoms with E-state index in [9.17, 15) is 19.5 Å². The van der Waals surface area contributed by atoms with Crippen LogP contribution in [0, 0.1) is 16.2 Å². The van der Waals surface area contributed by atoms with Crippen LogP contribution in [0.3, 0.4) is 0 Å². The van der Waals surface area contributed by atoms with Crippen LogP contribution in [0.1, 0.15) is 68.7 Å². The van der Waals surface area contributed by atoms with E-state index in [4.69, 9.17) is 18.9 Å². The molecule has 8 nitrogen and oxygen atoms in total. The minimum absolute atomic E-state index is 0.0619. The fourth-order valence-electron chi connectivity index (χ4n) is 2.30. The predicted octanol–water partition coefficient (Wildman–Crippen LogP) is 2.60. The summed E-state index contributed by atoms with van der Waals surface area (Å²) in [5.41, 5.74) is -2.32. The summed E-state index contributed by atoms with van der Waals surface area (Å²) in [7, 11) is 0. The van der Waals surface area contributed by atoms with Gasteiger partial charge in [-0.1, -0.05) is 0 Å². The van der Waals surface area contributed by atoms with Crippen molar-refractivity contribution in [1.82, 2.24) is 0 Å². The van der Waals surface area contributed by atoms with E-state index < -0.39 is 58.8 Å². The molecule has 0 aromatic rings. The molecule has 0 aromatic heterocycles. The first kappa shape index (κ1) is 25.4. The van der Waals surface area contributed by atoms with E-state index in [2.05, 4.69) is 0 Å². The minimum atomic E-state index is -1.25. The summed E-state index contributed by atoms with van der Waals surface area (Å²) in [5.74, 6) is -1.49. The number of hydrogen-bond acceptors (Lipinski definition) is 8. The number of carbonyl (C=O) groups excluding carboxylic acids is 3. The number of rotatable bonds is 4. The fraction of sp³-hybridized carbons (Fsp3) is 0.857.